The minimum atomic E-state index is 1.14. The molecule has 13 aromatic rings. The van der Waals surface area contributed by atoms with Gasteiger partial charge >= 0.3 is 0 Å². The Morgan fingerprint density at radius 3 is 1.01 bits per heavy atom. The highest BCUT2D eigenvalue weighted by molar-refractivity contribution is 8.00. The summed E-state index contributed by atoms with van der Waals surface area (Å²) in [7, 11) is 0. The molecule has 15 rings (SSSR count). The van der Waals surface area contributed by atoms with Crippen LogP contribution >= 0.6 is 46.2 Å². The summed E-state index contributed by atoms with van der Waals surface area (Å²) < 4.78 is 5.24. The maximum Gasteiger partial charge on any atom is 0.0601 e. The Morgan fingerprint density at radius 1 is 0.250 bits per heavy atom. The SMILES string of the molecule is c1ccc2c(c1)Sc1ccccc1N2c1ccc2c(-c3ccc4sc5ccccc5c4c3)c3cc(N4c5ccccc5Sc5ccccc54)ccc3c(-c3ccc4sc5ccccc5c4c3)c2c1. The summed E-state index contributed by atoms with van der Waals surface area (Å²) in [5.41, 5.74) is 12.0. The van der Waals surface area contributed by atoms with Crippen molar-refractivity contribution < 1.29 is 0 Å². The van der Waals surface area contributed by atoms with Crippen molar-refractivity contribution in [2.24, 2.45) is 0 Å². The van der Waals surface area contributed by atoms with Gasteiger partial charge < -0.3 is 9.80 Å². The van der Waals surface area contributed by atoms with Crippen molar-refractivity contribution in [1.29, 1.82) is 0 Å². The van der Waals surface area contributed by atoms with Crippen LogP contribution in [0.1, 0.15) is 0 Å². The first-order chi connectivity index (χ1) is 33.7. The molecule has 11 aromatic carbocycles. The van der Waals surface area contributed by atoms with Crippen molar-refractivity contribution in [3.8, 4) is 22.3 Å². The van der Waals surface area contributed by atoms with Gasteiger partial charge in [-0.05, 0) is 153 Å². The Bertz CT molecular complexity index is 3890. The smallest absolute Gasteiger partial charge is 0.0601 e. The van der Waals surface area contributed by atoms with E-state index in [1.807, 2.05) is 46.2 Å². The number of fused-ring (bicyclic) bond motifs is 12. The summed E-state index contributed by atoms with van der Waals surface area (Å²) in [5, 5.41) is 10.1. The van der Waals surface area contributed by atoms with Crippen LogP contribution in [0, 0.1) is 0 Å². The van der Waals surface area contributed by atoms with Crippen LogP contribution in [0.5, 0.6) is 0 Å². The zero-order chi connectivity index (χ0) is 44.5. The molecule has 4 heterocycles. The fourth-order valence-electron chi connectivity index (χ4n) is 10.8. The molecule has 2 aliphatic rings. The van der Waals surface area contributed by atoms with Crippen molar-refractivity contribution in [2.75, 3.05) is 9.80 Å². The van der Waals surface area contributed by atoms with Gasteiger partial charge in [0.25, 0.3) is 0 Å². The first kappa shape index (κ1) is 38.8. The number of hydrogen-bond donors (Lipinski definition) is 0. The van der Waals surface area contributed by atoms with Gasteiger partial charge in [0.2, 0.25) is 0 Å². The minimum absolute atomic E-state index is 1.14. The number of para-hydroxylation sites is 4. The third-order valence-corrected chi connectivity index (χ3v) is 18.4. The van der Waals surface area contributed by atoms with Crippen LogP contribution < -0.4 is 9.80 Å². The number of nitrogens with zero attached hydrogens (tertiary/aromatic N) is 2. The average Bonchev–Trinajstić information content (AvgIpc) is 3.96. The highest BCUT2D eigenvalue weighted by atomic mass is 32.2. The van der Waals surface area contributed by atoms with Crippen molar-refractivity contribution in [2.45, 2.75) is 19.6 Å². The highest BCUT2D eigenvalue weighted by Crippen LogP contribution is 2.56. The van der Waals surface area contributed by atoms with Gasteiger partial charge in [0.15, 0.2) is 0 Å². The second-order valence-corrected chi connectivity index (χ2v) is 21.9. The molecule has 0 atom stereocenters. The molecule has 2 nitrogen and oxygen atoms in total. The van der Waals surface area contributed by atoms with Crippen LogP contribution in [0.25, 0.3) is 84.1 Å². The zero-order valence-corrected chi connectivity index (χ0v) is 39.6. The quantitative estimate of drug-likeness (QED) is 0.162. The van der Waals surface area contributed by atoms with E-state index in [0.717, 1.165) is 11.4 Å². The van der Waals surface area contributed by atoms with E-state index in [4.69, 9.17) is 0 Å². The zero-order valence-electron chi connectivity index (χ0n) is 36.3. The molecular weight excluding hydrogens is 901 g/mol. The highest BCUT2D eigenvalue weighted by Gasteiger charge is 2.28. The van der Waals surface area contributed by atoms with Crippen molar-refractivity contribution in [3.05, 3.63) is 218 Å². The Labute approximate surface area is 409 Å². The van der Waals surface area contributed by atoms with Gasteiger partial charge in [-0.15, -0.1) is 22.7 Å². The van der Waals surface area contributed by atoms with E-state index in [1.54, 1.807) is 0 Å². The predicted octanol–water partition coefficient (Wildman–Crippen LogP) is 19.9. The molecule has 0 N–H and O–H groups in total. The van der Waals surface area contributed by atoms with Crippen LogP contribution in [0.2, 0.25) is 0 Å². The monoisotopic (exact) mass is 936 g/mol. The van der Waals surface area contributed by atoms with Crippen LogP contribution in [0.15, 0.2) is 238 Å². The number of thiophene rings is 2. The molecule has 0 saturated carbocycles. The Balaban J connectivity index is 1.08. The molecule has 0 radical (unpaired) electrons. The molecule has 2 aliphatic heterocycles. The van der Waals surface area contributed by atoms with Gasteiger partial charge in [0, 0.05) is 71.3 Å². The van der Waals surface area contributed by atoms with E-state index in [9.17, 15) is 0 Å². The molecule has 68 heavy (non-hydrogen) atoms. The first-order valence-corrected chi connectivity index (χ1v) is 26.2. The fraction of sp³-hybridized carbons (Fsp3) is 0. The van der Waals surface area contributed by atoms with Crippen molar-refractivity contribution in [1.82, 2.24) is 0 Å². The lowest BCUT2D eigenvalue weighted by Crippen LogP contribution is -2.15. The average molecular weight is 937 g/mol. The van der Waals surface area contributed by atoms with Crippen LogP contribution in [0.3, 0.4) is 0 Å². The third-order valence-electron chi connectivity index (χ3n) is 13.8. The number of rotatable bonds is 4. The van der Waals surface area contributed by atoms with Crippen LogP contribution in [-0.4, -0.2) is 0 Å². The lowest BCUT2D eigenvalue weighted by atomic mass is 9.84. The lowest BCUT2D eigenvalue weighted by Gasteiger charge is -2.34. The molecular formula is C62H36N2S4. The van der Waals surface area contributed by atoms with E-state index in [1.165, 1.54) is 126 Å². The molecule has 0 unspecified atom stereocenters. The molecule has 0 bridgehead atoms. The lowest BCUT2D eigenvalue weighted by molar-refractivity contribution is 1.17. The summed E-state index contributed by atoms with van der Waals surface area (Å²) in [6.07, 6.45) is 0. The standard InChI is InChI=1S/C62H36N2S4/c1-7-19-53-41(13-1)45-33-37(25-31-55(45)65-53)61-43-29-27-40(64-51-17-5-11-23-59(51)68-60-24-12-6-18-52(60)64)36-48(43)62(38-26-32-56-46(34-38)42-14-2-8-20-54(42)66-56)44-30-28-39(35-47(44)61)63-49-15-3-9-21-57(49)67-58-22-10-4-16-50(58)63/h1-36H. The summed E-state index contributed by atoms with van der Waals surface area (Å²) in [6, 6.07) is 81.9. The Kier molecular flexibility index (Phi) is 8.60. The van der Waals surface area contributed by atoms with E-state index in [-0.39, 0.29) is 0 Å². The topological polar surface area (TPSA) is 6.48 Å². The summed E-state index contributed by atoms with van der Waals surface area (Å²) in [5.74, 6) is 0. The Morgan fingerprint density at radius 2 is 0.603 bits per heavy atom. The van der Waals surface area contributed by atoms with Gasteiger partial charge in [0.1, 0.15) is 0 Å². The van der Waals surface area contributed by atoms with E-state index in [0.29, 0.717) is 0 Å². The molecule has 2 aromatic heterocycles. The van der Waals surface area contributed by atoms with Gasteiger partial charge in [-0.2, -0.15) is 0 Å². The number of hydrogen-bond acceptors (Lipinski definition) is 6. The summed E-state index contributed by atoms with van der Waals surface area (Å²) in [6.45, 7) is 0. The van der Waals surface area contributed by atoms with Gasteiger partial charge in [-0.3, -0.25) is 0 Å². The van der Waals surface area contributed by atoms with Crippen LogP contribution in [0.4, 0.5) is 34.1 Å². The van der Waals surface area contributed by atoms with Crippen molar-refractivity contribution >= 4 is 142 Å². The first-order valence-electron chi connectivity index (χ1n) is 22.9. The maximum absolute atomic E-state index is 2.48. The van der Waals surface area contributed by atoms with Gasteiger partial charge in [0.05, 0.1) is 22.7 Å². The maximum atomic E-state index is 2.48. The van der Waals surface area contributed by atoms with Crippen molar-refractivity contribution in [3.63, 3.8) is 0 Å². The minimum Gasteiger partial charge on any atom is -0.308 e. The van der Waals surface area contributed by atoms with Gasteiger partial charge in [-0.25, -0.2) is 0 Å². The van der Waals surface area contributed by atoms with Gasteiger partial charge in [-0.1, -0.05) is 133 Å². The largest absolute Gasteiger partial charge is 0.308 e. The van der Waals surface area contributed by atoms with Crippen LogP contribution in [-0.2, 0) is 0 Å². The predicted molar refractivity (Wildman–Crippen MR) is 296 cm³/mol. The number of anilines is 6. The molecule has 0 fully saturated rings. The molecule has 0 saturated heterocycles. The number of benzene rings is 11. The van der Waals surface area contributed by atoms with E-state index in [2.05, 4.69) is 228 Å². The fourth-order valence-corrected chi connectivity index (χ4v) is 15.1. The van der Waals surface area contributed by atoms with E-state index >= 15 is 0 Å². The molecule has 318 valence electrons. The summed E-state index contributed by atoms with van der Waals surface area (Å²) >= 11 is 7.45. The normalized spacial score (nSPS) is 13.1. The molecule has 0 aliphatic carbocycles. The third kappa shape index (κ3) is 5.85. The second-order valence-electron chi connectivity index (χ2n) is 17.6. The molecule has 6 heteroatoms. The molecule has 0 spiro atoms. The Hall–Kier alpha value is -7.32. The summed E-state index contributed by atoms with van der Waals surface area (Å²) in [4.78, 5) is 9.96. The van der Waals surface area contributed by atoms with E-state index < -0.39 is 0 Å². The molecule has 0 amide bonds. The second kappa shape index (κ2) is 15.1.